The number of benzene rings is 1. The monoisotopic (exact) mass is 245 g/mol. The molecule has 5 nitrogen and oxygen atoms in total. The summed E-state index contributed by atoms with van der Waals surface area (Å²) in [6, 6.07) is 3.93. The average molecular weight is 245 g/mol. The second-order valence-electron chi connectivity index (χ2n) is 2.97. The van der Waals surface area contributed by atoms with Crippen LogP contribution in [0.2, 0.25) is 0 Å². The minimum absolute atomic E-state index is 0.0487. The fraction of sp³-hybridized carbons (Fsp3) is 0.200. The van der Waals surface area contributed by atoms with E-state index in [2.05, 4.69) is 4.74 Å². The largest absolute Gasteiger partial charge is 0.479 e. The van der Waals surface area contributed by atoms with E-state index in [4.69, 9.17) is 5.11 Å². The van der Waals surface area contributed by atoms with Crippen molar-refractivity contribution in [3.05, 3.63) is 29.8 Å². The summed E-state index contributed by atoms with van der Waals surface area (Å²) < 4.78 is 28.4. The molecule has 0 fully saturated rings. The molecule has 1 unspecified atom stereocenters. The van der Waals surface area contributed by atoms with E-state index in [1.54, 1.807) is 0 Å². The van der Waals surface area contributed by atoms with Crippen molar-refractivity contribution < 1.29 is 28.2 Å². The lowest BCUT2D eigenvalue weighted by molar-refractivity contribution is -0.140. The first-order valence-corrected chi connectivity index (χ1v) is 4.52. The molecule has 0 spiro atoms. The fourth-order valence-electron chi connectivity index (χ4n) is 1.28. The number of para-hydroxylation sites is 1. The molecule has 0 aromatic heterocycles. The SMILES string of the molecule is O=CNC(C(=O)O)c1ccccc1OC(F)F. The molecule has 2 N–H and O–H groups in total. The minimum Gasteiger partial charge on any atom is -0.479 e. The molecule has 0 aliphatic carbocycles. The first-order valence-electron chi connectivity index (χ1n) is 4.52. The van der Waals surface area contributed by atoms with Crippen LogP contribution in [0.1, 0.15) is 11.6 Å². The average Bonchev–Trinajstić information content (AvgIpc) is 2.26. The van der Waals surface area contributed by atoms with E-state index in [9.17, 15) is 18.4 Å². The number of nitrogens with one attached hydrogen (secondary N) is 1. The Kier molecular flexibility index (Phi) is 4.38. The highest BCUT2D eigenvalue weighted by Gasteiger charge is 2.23. The van der Waals surface area contributed by atoms with Crippen molar-refractivity contribution in [2.24, 2.45) is 0 Å². The normalized spacial score (nSPS) is 11.9. The van der Waals surface area contributed by atoms with Gasteiger partial charge in [-0.25, -0.2) is 4.79 Å². The zero-order valence-corrected chi connectivity index (χ0v) is 8.47. The second-order valence-corrected chi connectivity index (χ2v) is 2.97. The van der Waals surface area contributed by atoms with E-state index < -0.39 is 18.6 Å². The van der Waals surface area contributed by atoms with Crippen LogP contribution in [-0.2, 0) is 9.59 Å². The summed E-state index contributed by atoms with van der Waals surface area (Å²) in [7, 11) is 0. The Labute approximate surface area is 95.0 Å². The number of carbonyl (C=O) groups is 2. The van der Waals surface area contributed by atoms with Crippen LogP contribution < -0.4 is 10.1 Å². The molecule has 0 radical (unpaired) electrons. The van der Waals surface area contributed by atoms with Crippen molar-refractivity contribution >= 4 is 12.4 Å². The van der Waals surface area contributed by atoms with Crippen molar-refractivity contribution in [1.82, 2.24) is 5.32 Å². The van der Waals surface area contributed by atoms with E-state index in [0.29, 0.717) is 0 Å². The predicted octanol–water partition coefficient (Wildman–Crippen LogP) is 1.16. The maximum absolute atomic E-state index is 12.1. The number of ether oxygens (including phenoxy) is 1. The van der Waals surface area contributed by atoms with Crippen LogP contribution in [0.15, 0.2) is 24.3 Å². The molecule has 1 atom stereocenters. The second kappa shape index (κ2) is 5.78. The fourth-order valence-corrected chi connectivity index (χ4v) is 1.28. The van der Waals surface area contributed by atoms with E-state index in [0.717, 1.165) is 0 Å². The number of rotatable bonds is 6. The number of hydrogen-bond acceptors (Lipinski definition) is 3. The predicted molar refractivity (Wildman–Crippen MR) is 52.7 cm³/mol. The molecule has 0 aliphatic heterocycles. The molecule has 0 heterocycles. The van der Waals surface area contributed by atoms with Crippen molar-refractivity contribution in [2.45, 2.75) is 12.7 Å². The van der Waals surface area contributed by atoms with Gasteiger partial charge in [0.1, 0.15) is 5.75 Å². The molecule has 1 rings (SSSR count). The van der Waals surface area contributed by atoms with Crippen molar-refractivity contribution in [3.8, 4) is 5.75 Å². The number of hydrogen-bond donors (Lipinski definition) is 2. The number of alkyl halides is 2. The van der Waals surface area contributed by atoms with E-state index in [1.807, 2.05) is 5.32 Å². The number of halogens is 2. The van der Waals surface area contributed by atoms with Crippen molar-refractivity contribution in [2.75, 3.05) is 0 Å². The Balaban J connectivity index is 3.08. The Hall–Kier alpha value is -2.18. The molecule has 0 aliphatic rings. The molecule has 0 bridgehead atoms. The van der Waals surface area contributed by atoms with Gasteiger partial charge in [-0.3, -0.25) is 4.79 Å². The lowest BCUT2D eigenvalue weighted by Gasteiger charge is -2.15. The highest BCUT2D eigenvalue weighted by atomic mass is 19.3. The maximum atomic E-state index is 12.1. The third-order valence-corrected chi connectivity index (χ3v) is 1.93. The molecule has 7 heteroatoms. The summed E-state index contributed by atoms with van der Waals surface area (Å²) in [4.78, 5) is 21.1. The standard InChI is InChI=1S/C10H9F2NO4/c11-10(12)17-7-4-2-1-3-6(7)8(9(15)16)13-5-14/h1-5,8,10H,(H,13,14)(H,15,16). The number of carbonyl (C=O) groups excluding carboxylic acids is 1. The maximum Gasteiger partial charge on any atom is 0.387 e. The van der Waals surface area contributed by atoms with Crippen LogP contribution in [0.4, 0.5) is 8.78 Å². The molecule has 1 aromatic rings. The van der Waals surface area contributed by atoms with Crippen molar-refractivity contribution in [1.29, 1.82) is 0 Å². The number of amides is 1. The first-order chi connectivity index (χ1) is 8.06. The molecular formula is C10H9F2NO4. The van der Waals surface area contributed by atoms with Gasteiger partial charge >= 0.3 is 12.6 Å². The van der Waals surface area contributed by atoms with Crippen LogP contribution >= 0.6 is 0 Å². The van der Waals surface area contributed by atoms with Crippen LogP contribution in [0, 0.1) is 0 Å². The van der Waals surface area contributed by atoms with Gasteiger partial charge in [0.2, 0.25) is 6.41 Å². The van der Waals surface area contributed by atoms with Gasteiger partial charge in [-0.05, 0) is 6.07 Å². The van der Waals surface area contributed by atoms with Gasteiger partial charge in [-0.2, -0.15) is 8.78 Å². The smallest absolute Gasteiger partial charge is 0.387 e. The zero-order chi connectivity index (χ0) is 12.8. The highest BCUT2D eigenvalue weighted by Crippen LogP contribution is 2.26. The van der Waals surface area contributed by atoms with E-state index in [-0.39, 0.29) is 17.7 Å². The Bertz CT molecular complexity index is 411. The van der Waals surface area contributed by atoms with Gasteiger partial charge in [-0.1, -0.05) is 18.2 Å². The molecule has 0 saturated heterocycles. The Morgan fingerprint density at radius 1 is 1.41 bits per heavy atom. The van der Waals surface area contributed by atoms with Crippen LogP contribution in [0.3, 0.4) is 0 Å². The summed E-state index contributed by atoms with van der Waals surface area (Å²) in [5, 5.41) is 10.9. The summed E-state index contributed by atoms with van der Waals surface area (Å²) >= 11 is 0. The molecule has 1 amide bonds. The van der Waals surface area contributed by atoms with Crippen LogP contribution in [0.25, 0.3) is 0 Å². The van der Waals surface area contributed by atoms with Crippen LogP contribution in [-0.4, -0.2) is 24.1 Å². The third-order valence-electron chi connectivity index (χ3n) is 1.93. The topological polar surface area (TPSA) is 75.6 Å². The van der Waals surface area contributed by atoms with Gasteiger partial charge in [0.15, 0.2) is 6.04 Å². The van der Waals surface area contributed by atoms with Gasteiger partial charge in [0, 0.05) is 5.56 Å². The van der Waals surface area contributed by atoms with Crippen LogP contribution in [0.5, 0.6) is 5.75 Å². The molecule has 17 heavy (non-hydrogen) atoms. The molecular weight excluding hydrogens is 236 g/mol. The van der Waals surface area contributed by atoms with Gasteiger partial charge in [0.25, 0.3) is 0 Å². The van der Waals surface area contributed by atoms with Gasteiger partial charge < -0.3 is 15.2 Å². The highest BCUT2D eigenvalue weighted by molar-refractivity contribution is 5.79. The van der Waals surface area contributed by atoms with E-state index in [1.165, 1.54) is 24.3 Å². The summed E-state index contributed by atoms with van der Waals surface area (Å²) in [5.41, 5.74) is -0.0487. The third kappa shape index (κ3) is 3.40. The first kappa shape index (κ1) is 12.9. The molecule has 92 valence electrons. The number of carboxylic acid groups (broad SMARTS) is 1. The Morgan fingerprint density at radius 2 is 2.06 bits per heavy atom. The summed E-state index contributed by atoms with van der Waals surface area (Å²) in [6.07, 6.45) is 0.179. The van der Waals surface area contributed by atoms with Gasteiger partial charge in [0.05, 0.1) is 0 Å². The summed E-state index contributed by atoms with van der Waals surface area (Å²) in [5.74, 6) is -1.66. The summed E-state index contributed by atoms with van der Waals surface area (Å²) in [6.45, 7) is -3.07. The molecule has 1 aromatic carbocycles. The number of aliphatic carboxylic acids is 1. The minimum atomic E-state index is -3.07. The van der Waals surface area contributed by atoms with Gasteiger partial charge in [-0.15, -0.1) is 0 Å². The lowest BCUT2D eigenvalue weighted by atomic mass is 10.1. The lowest BCUT2D eigenvalue weighted by Crippen LogP contribution is -2.28. The Morgan fingerprint density at radius 3 is 2.59 bits per heavy atom. The number of carboxylic acids is 1. The molecule has 0 saturated carbocycles. The quantitative estimate of drug-likeness (QED) is 0.737. The van der Waals surface area contributed by atoms with Crippen molar-refractivity contribution in [3.63, 3.8) is 0 Å². The zero-order valence-electron chi connectivity index (χ0n) is 8.47. The van der Waals surface area contributed by atoms with E-state index >= 15 is 0 Å².